The standard InChI is InChI=1S/C28H30FN5O2/c1-19(29)36-24-10-8-20(9-11-24)28(35)32-27-15-23-14-21(6-7-22(23)16-30-27)25-17-31-33(2)26(25)18-34-12-4-3-5-13-34/h6-11,14-17,19H,3-5,12-13,18H2,1-2H3,(H,30,32,35). The third kappa shape index (κ3) is 5.39. The number of rotatable bonds is 7. The van der Waals surface area contributed by atoms with Crippen LogP contribution in [0.1, 0.15) is 42.2 Å². The lowest BCUT2D eigenvalue weighted by atomic mass is 10.0. The molecule has 1 amide bonds. The molecule has 1 fully saturated rings. The molecule has 1 atom stereocenters. The molecule has 3 heterocycles. The molecular weight excluding hydrogens is 457 g/mol. The molecular formula is C28H30FN5O2. The molecule has 1 saturated heterocycles. The van der Waals surface area contributed by atoms with Gasteiger partial charge in [0, 0.05) is 43.2 Å². The van der Waals surface area contributed by atoms with E-state index in [1.165, 1.54) is 31.9 Å². The number of fused-ring (bicyclic) bond motifs is 1. The Bertz CT molecular complexity index is 1360. The van der Waals surface area contributed by atoms with Gasteiger partial charge >= 0.3 is 0 Å². The van der Waals surface area contributed by atoms with E-state index < -0.39 is 6.36 Å². The van der Waals surface area contributed by atoms with E-state index in [-0.39, 0.29) is 5.91 Å². The number of hydrogen-bond acceptors (Lipinski definition) is 5. The zero-order chi connectivity index (χ0) is 25.1. The Morgan fingerprint density at radius 1 is 1.06 bits per heavy atom. The number of anilines is 1. The van der Waals surface area contributed by atoms with Crippen LogP contribution in [-0.2, 0) is 13.6 Å². The highest BCUT2D eigenvalue weighted by Crippen LogP contribution is 2.29. The third-order valence-corrected chi connectivity index (χ3v) is 6.57. The Morgan fingerprint density at radius 2 is 1.83 bits per heavy atom. The number of likely N-dealkylation sites (tertiary alicyclic amines) is 1. The fourth-order valence-electron chi connectivity index (χ4n) is 4.66. The van der Waals surface area contributed by atoms with Crippen LogP contribution in [0.4, 0.5) is 10.2 Å². The molecule has 2 aromatic heterocycles. The number of nitrogens with one attached hydrogen (secondary N) is 1. The fraction of sp³-hybridized carbons (Fsp3) is 0.321. The molecule has 0 aliphatic carbocycles. The fourth-order valence-corrected chi connectivity index (χ4v) is 4.66. The molecule has 0 saturated carbocycles. The van der Waals surface area contributed by atoms with Crippen LogP contribution < -0.4 is 10.1 Å². The van der Waals surface area contributed by atoms with Gasteiger partial charge in [-0.15, -0.1) is 0 Å². The largest absolute Gasteiger partial charge is 0.461 e. The Kier molecular flexibility index (Phi) is 6.95. The summed E-state index contributed by atoms with van der Waals surface area (Å²) in [5.41, 5.74) is 3.84. The van der Waals surface area contributed by atoms with Crippen molar-refractivity contribution in [3.05, 3.63) is 72.2 Å². The summed E-state index contributed by atoms with van der Waals surface area (Å²) in [4.78, 5) is 19.6. The van der Waals surface area contributed by atoms with E-state index in [9.17, 15) is 9.18 Å². The van der Waals surface area contributed by atoms with Crippen LogP contribution in [0.3, 0.4) is 0 Å². The third-order valence-electron chi connectivity index (χ3n) is 6.57. The summed E-state index contributed by atoms with van der Waals surface area (Å²) in [6.07, 6.45) is 6.08. The maximum Gasteiger partial charge on any atom is 0.256 e. The topological polar surface area (TPSA) is 72.3 Å². The normalized spacial score (nSPS) is 15.1. The van der Waals surface area contributed by atoms with E-state index in [2.05, 4.69) is 32.4 Å². The number of piperidine rings is 1. The first-order chi connectivity index (χ1) is 17.5. The molecule has 1 aliphatic heterocycles. The second kappa shape index (κ2) is 10.5. The zero-order valence-corrected chi connectivity index (χ0v) is 20.6. The van der Waals surface area contributed by atoms with Crippen molar-refractivity contribution in [1.82, 2.24) is 19.7 Å². The summed E-state index contributed by atoms with van der Waals surface area (Å²) in [6.45, 7) is 4.44. The van der Waals surface area contributed by atoms with Gasteiger partial charge in [-0.3, -0.25) is 14.4 Å². The number of ether oxygens (including phenoxy) is 1. The molecule has 0 radical (unpaired) electrons. The minimum Gasteiger partial charge on any atom is -0.461 e. The van der Waals surface area contributed by atoms with Gasteiger partial charge in [-0.2, -0.15) is 5.10 Å². The van der Waals surface area contributed by atoms with E-state index in [4.69, 9.17) is 4.74 Å². The van der Waals surface area contributed by atoms with Gasteiger partial charge in [0.2, 0.25) is 6.36 Å². The monoisotopic (exact) mass is 487 g/mol. The lowest BCUT2D eigenvalue weighted by Gasteiger charge is -2.26. The van der Waals surface area contributed by atoms with Crippen LogP contribution in [0.25, 0.3) is 21.9 Å². The van der Waals surface area contributed by atoms with Gasteiger partial charge < -0.3 is 10.1 Å². The smallest absolute Gasteiger partial charge is 0.256 e. The highest BCUT2D eigenvalue weighted by atomic mass is 19.1. The average Bonchev–Trinajstić information content (AvgIpc) is 3.24. The van der Waals surface area contributed by atoms with Gasteiger partial charge in [0.25, 0.3) is 5.91 Å². The number of benzene rings is 2. The summed E-state index contributed by atoms with van der Waals surface area (Å²) in [5.74, 6) is 0.531. The first-order valence-electron chi connectivity index (χ1n) is 12.3. The second-order valence-corrected chi connectivity index (χ2v) is 9.24. The van der Waals surface area contributed by atoms with Crippen LogP contribution >= 0.6 is 0 Å². The molecule has 1 N–H and O–H groups in total. The molecule has 186 valence electrons. The van der Waals surface area contributed by atoms with Crippen LogP contribution in [0.15, 0.2) is 60.9 Å². The number of aryl methyl sites for hydroxylation is 1. The van der Waals surface area contributed by atoms with Crippen molar-refractivity contribution in [2.45, 2.75) is 39.1 Å². The molecule has 1 aliphatic rings. The van der Waals surface area contributed by atoms with Crippen molar-refractivity contribution in [2.24, 2.45) is 7.05 Å². The van der Waals surface area contributed by atoms with Gasteiger partial charge in [-0.1, -0.05) is 18.6 Å². The molecule has 0 bridgehead atoms. The quantitative estimate of drug-likeness (QED) is 0.369. The minimum atomic E-state index is -1.41. The predicted molar refractivity (Wildman–Crippen MR) is 139 cm³/mol. The zero-order valence-electron chi connectivity index (χ0n) is 20.6. The Morgan fingerprint density at radius 3 is 2.58 bits per heavy atom. The average molecular weight is 488 g/mol. The van der Waals surface area contributed by atoms with Crippen LogP contribution in [0.5, 0.6) is 5.75 Å². The highest BCUT2D eigenvalue weighted by molar-refractivity contribution is 6.04. The van der Waals surface area contributed by atoms with Crippen molar-refractivity contribution in [1.29, 1.82) is 0 Å². The summed E-state index contributed by atoms with van der Waals surface area (Å²) in [7, 11) is 2.00. The van der Waals surface area contributed by atoms with E-state index in [1.807, 2.05) is 30.1 Å². The van der Waals surface area contributed by atoms with E-state index in [0.29, 0.717) is 17.1 Å². The maximum atomic E-state index is 13.0. The molecule has 4 aromatic rings. The molecule has 0 spiro atoms. The van der Waals surface area contributed by atoms with E-state index in [0.717, 1.165) is 41.5 Å². The Balaban J connectivity index is 1.36. The van der Waals surface area contributed by atoms with Crippen molar-refractivity contribution >= 4 is 22.5 Å². The van der Waals surface area contributed by atoms with Crippen LogP contribution in [0, 0.1) is 0 Å². The highest BCUT2D eigenvalue weighted by Gasteiger charge is 2.17. The van der Waals surface area contributed by atoms with Crippen molar-refractivity contribution in [3.8, 4) is 16.9 Å². The maximum absolute atomic E-state index is 13.0. The van der Waals surface area contributed by atoms with Crippen molar-refractivity contribution < 1.29 is 13.9 Å². The number of aromatic nitrogens is 3. The Hall–Kier alpha value is -3.78. The van der Waals surface area contributed by atoms with Gasteiger partial charge in [-0.25, -0.2) is 9.37 Å². The van der Waals surface area contributed by atoms with Gasteiger partial charge in [0.05, 0.1) is 11.9 Å². The number of pyridine rings is 1. The number of nitrogens with zero attached hydrogens (tertiary/aromatic N) is 4. The molecule has 7 nitrogen and oxygen atoms in total. The SMILES string of the molecule is CC(F)Oc1ccc(C(=O)Nc2cc3cc(-c4cnn(C)c4CN4CCCCC4)ccc3cn2)cc1. The van der Waals surface area contributed by atoms with Crippen LogP contribution in [-0.4, -0.2) is 45.0 Å². The number of carbonyl (C=O) groups excluding carboxylic acids is 1. The minimum absolute atomic E-state index is 0.297. The lowest BCUT2D eigenvalue weighted by Crippen LogP contribution is -2.30. The number of hydrogen-bond donors (Lipinski definition) is 1. The Labute approximate surface area is 209 Å². The summed E-state index contributed by atoms with van der Waals surface area (Å²) in [5, 5.41) is 9.36. The van der Waals surface area contributed by atoms with Crippen molar-refractivity contribution in [2.75, 3.05) is 18.4 Å². The summed E-state index contributed by atoms with van der Waals surface area (Å²) in [6, 6.07) is 14.5. The lowest BCUT2D eigenvalue weighted by molar-refractivity contribution is 0.0860. The molecule has 36 heavy (non-hydrogen) atoms. The van der Waals surface area contributed by atoms with Gasteiger partial charge in [0.15, 0.2) is 0 Å². The van der Waals surface area contributed by atoms with E-state index in [1.54, 1.807) is 30.5 Å². The number of amides is 1. The number of carbonyl (C=O) groups is 1. The predicted octanol–water partition coefficient (Wildman–Crippen LogP) is 5.57. The van der Waals surface area contributed by atoms with Gasteiger partial charge in [-0.05, 0) is 73.3 Å². The summed E-state index contributed by atoms with van der Waals surface area (Å²) < 4.78 is 20.0. The second-order valence-electron chi connectivity index (χ2n) is 9.24. The number of halogens is 1. The number of alkyl halides is 1. The first kappa shape index (κ1) is 23.9. The molecule has 1 unspecified atom stereocenters. The van der Waals surface area contributed by atoms with Gasteiger partial charge in [0.1, 0.15) is 11.6 Å². The van der Waals surface area contributed by atoms with Crippen LogP contribution in [0.2, 0.25) is 0 Å². The van der Waals surface area contributed by atoms with E-state index >= 15 is 0 Å². The molecule has 2 aromatic carbocycles. The molecule has 5 rings (SSSR count). The molecule has 8 heteroatoms. The first-order valence-corrected chi connectivity index (χ1v) is 12.3. The summed E-state index contributed by atoms with van der Waals surface area (Å²) >= 11 is 0. The van der Waals surface area contributed by atoms with Crippen molar-refractivity contribution in [3.63, 3.8) is 0 Å².